The lowest BCUT2D eigenvalue weighted by atomic mass is 10.1. The van der Waals surface area contributed by atoms with Crippen LogP contribution in [-0.2, 0) is 13.1 Å². The van der Waals surface area contributed by atoms with Gasteiger partial charge in [0.05, 0.1) is 4.88 Å². The Morgan fingerprint density at radius 3 is 2.81 bits per heavy atom. The van der Waals surface area contributed by atoms with Crippen molar-refractivity contribution < 1.29 is 9.73 Å². The molecule has 2 nitrogen and oxygen atoms in total. The average molecular weight is 319 g/mol. The van der Waals surface area contributed by atoms with Crippen LogP contribution >= 0.6 is 22.9 Å². The summed E-state index contributed by atoms with van der Waals surface area (Å²) in [6, 6.07) is 14.2. The fourth-order valence-corrected chi connectivity index (χ4v) is 3.17. The predicted molar refractivity (Wildman–Crippen MR) is 87.5 cm³/mol. The molecule has 0 aliphatic rings. The lowest BCUT2D eigenvalue weighted by molar-refractivity contribution is -0.687. The Labute approximate surface area is 133 Å². The van der Waals surface area contributed by atoms with Gasteiger partial charge in [0, 0.05) is 10.6 Å². The van der Waals surface area contributed by atoms with E-state index in [0.29, 0.717) is 0 Å². The van der Waals surface area contributed by atoms with Crippen LogP contribution in [0.2, 0.25) is 5.02 Å². The first kappa shape index (κ1) is 14.4. The van der Waals surface area contributed by atoms with Crippen LogP contribution in [0.3, 0.4) is 0 Å². The Balaban J connectivity index is 1.67. The van der Waals surface area contributed by atoms with Crippen molar-refractivity contribution in [1.29, 1.82) is 0 Å². The summed E-state index contributed by atoms with van der Waals surface area (Å²) >= 11 is 7.95. The second-order valence-corrected chi connectivity index (χ2v) is 6.39. The van der Waals surface area contributed by atoms with Crippen molar-refractivity contribution in [3.05, 3.63) is 69.1 Å². The monoisotopic (exact) mass is 318 g/mol. The summed E-state index contributed by atoms with van der Waals surface area (Å²) in [5.41, 5.74) is 2.12. The molecule has 0 bridgehead atoms. The van der Waals surface area contributed by atoms with E-state index < -0.39 is 0 Å². The Hall–Kier alpha value is -1.55. The average Bonchev–Trinajstić information content (AvgIpc) is 3.14. The van der Waals surface area contributed by atoms with E-state index in [0.717, 1.165) is 40.8 Å². The number of thiophene rings is 1. The summed E-state index contributed by atoms with van der Waals surface area (Å²) in [6.45, 7) is 3.85. The molecule has 0 radical (unpaired) electrons. The first-order chi connectivity index (χ1) is 10.2. The summed E-state index contributed by atoms with van der Waals surface area (Å²) in [5, 5.41) is 5.13. The van der Waals surface area contributed by atoms with Crippen molar-refractivity contribution in [2.24, 2.45) is 0 Å². The zero-order chi connectivity index (χ0) is 14.7. The van der Waals surface area contributed by atoms with Crippen LogP contribution in [0.5, 0.6) is 0 Å². The van der Waals surface area contributed by atoms with Crippen molar-refractivity contribution in [2.45, 2.75) is 20.0 Å². The van der Waals surface area contributed by atoms with E-state index in [9.17, 15) is 0 Å². The van der Waals surface area contributed by atoms with Gasteiger partial charge in [-0.2, -0.15) is 0 Å². The highest BCUT2D eigenvalue weighted by Gasteiger charge is 2.10. The third kappa shape index (κ3) is 3.38. The molecule has 3 aromatic rings. The predicted octanol–water partition coefficient (Wildman–Crippen LogP) is 4.23. The minimum absolute atomic E-state index is 0.773. The van der Waals surface area contributed by atoms with Gasteiger partial charge in [0.1, 0.15) is 18.8 Å². The number of halogens is 1. The molecule has 108 valence electrons. The molecular formula is C17H17ClNOS+. The number of hydrogen-bond donors (Lipinski definition) is 1. The highest BCUT2D eigenvalue weighted by Crippen LogP contribution is 2.29. The smallest absolute Gasteiger partial charge is 0.158 e. The number of rotatable bonds is 5. The van der Waals surface area contributed by atoms with Crippen molar-refractivity contribution in [3.8, 4) is 11.3 Å². The molecule has 2 aromatic heterocycles. The Kier molecular flexibility index (Phi) is 4.44. The molecule has 0 saturated carbocycles. The van der Waals surface area contributed by atoms with Crippen LogP contribution in [0, 0.1) is 6.92 Å². The zero-order valence-electron chi connectivity index (χ0n) is 11.8. The Morgan fingerprint density at radius 1 is 1.10 bits per heavy atom. The van der Waals surface area contributed by atoms with Crippen molar-refractivity contribution >= 4 is 22.9 Å². The van der Waals surface area contributed by atoms with Gasteiger partial charge >= 0.3 is 0 Å². The van der Waals surface area contributed by atoms with Crippen molar-refractivity contribution in [2.75, 3.05) is 0 Å². The van der Waals surface area contributed by atoms with Gasteiger partial charge in [-0.15, -0.1) is 11.3 Å². The van der Waals surface area contributed by atoms with Gasteiger partial charge < -0.3 is 9.73 Å². The fourth-order valence-electron chi connectivity index (χ4n) is 2.29. The molecule has 0 aliphatic carbocycles. The molecule has 0 saturated heterocycles. The summed E-state index contributed by atoms with van der Waals surface area (Å²) in [7, 11) is 0. The fraction of sp³-hybridized carbons (Fsp3) is 0.176. The molecule has 0 aliphatic heterocycles. The number of quaternary nitrogens is 1. The number of furan rings is 1. The third-order valence-corrected chi connectivity index (χ3v) is 4.77. The van der Waals surface area contributed by atoms with Gasteiger partial charge in [-0.1, -0.05) is 29.8 Å². The van der Waals surface area contributed by atoms with E-state index in [1.807, 2.05) is 37.3 Å². The van der Waals surface area contributed by atoms with Crippen LogP contribution in [-0.4, -0.2) is 0 Å². The molecular weight excluding hydrogens is 302 g/mol. The summed E-state index contributed by atoms with van der Waals surface area (Å²) < 4.78 is 5.94. The van der Waals surface area contributed by atoms with Crippen LogP contribution < -0.4 is 5.32 Å². The molecule has 4 heteroatoms. The normalized spacial score (nSPS) is 11.0. The lowest BCUT2D eigenvalue weighted by Gasteiger charge is -2.04. The van der Waals surface area contributed by atoms with Gasteiger partial charge in [-0.25, -0.2) is 0 Å². The second kappa shape index (κ2) is 6.48. The molecule has 3 rings (SSSR count). The van der Waals surface area contributed by atoms with Gasteiger partial charge in [0.25, 0.3) is 0 Å². The Bertz CT molecular complexity index is 718. The third-order valence-electron chi connectivity index (χ3n) is 3.47. The minimum Gasteiger partial charge on any atom is -0.455 e. The molecule has 0 fully saturated rings. The molecule has 2 N–H and O–H groups in total. The quantitative estimate of drug-likeness (QED) is 0.749. The summed E-state index contributed by atoms with van der Waals surface area (Å²) in [4.78, 5) is 1.38. The summed E-state index contributed by atoms with van der Waals surface area (Å²) in [6.07, 6.45) is 0. The molecule has 0 spiro atoms. The molecule has 0 amide bonds. The first-order valence-corrected chi connectivity index (χ1v) is 8.18. The van der Waals surface area contributed by atoms with E-state index in [1.165, 1.54) is 4.88 Å². The molecule has 0 unspecified atom stereocenters. The molecule has 1 aromatic carbocycles. The highest BCUT2D eigenvalue weighted by atomic mass is 35.5. The van der Waals surface area contributed by atoms with Crippen molar-refractivity contribution in [3.63, 3.8) is 0 Å². The maximum absolute atomic E-state index is 6.16. The summed E-state index contributed by atoms with van der Waals surface area (Å²) in [5.74, 6) is 1.87. The van der Waals surface area contributed by atoms with Crippen LogP contribution in [0.1, 0.15) is 16.2 Å². The number of benzene rings is 1. The maximum Gasteiger partial charge on any atom is 0.158 e. The minimum atomic E-state index is 0.773. The standard InChI is InChI=1S/C17H16ClNOS/c1-12-15(5-2-6-16(12)18)17-8-7-13(20-17)10-19-11-14-4-3-9-21-14/h2-9,19H,10-11H2,1H3/p+1. The van der Waals surface area contributed by atoms with Gasteiger partial charge in [-0.05, 0) is 42.1 Å². The largest absolute Gasteiger partial charge is 0.455 e. The molecule has 2 heterocycles. The van der Waals surface area contributed by atoms with E-state index in [4.69, 9.17) is 16.0 Å². The molecule has 0 atom stereocenters. The number of hydrogen-bond acceptors (Lipinski definition) is 2. The van der Waals surface area contributed by atoms with Crippen LogP contribution in [0.25, 0.3) is 11.3 Å². The molecule has 21 heavy (non-hydrogen) atoms. The first-order valence-electron chi connectivity index (χ1n) is 6.92. The second-order valence-electron chi connectivity index (χ2n) is 4.95. The van der Waals surface area contributed by atoms with Crippen LogP contribution in [0.15, 0.2) is 52.3 Å². The van der Waals surface area contributed by atoms with Gasteiger partial charge in [0.15, 0.2) is 5.76 Å². The van der Waals surface area contributed by atoms with E-state index in [2.05, 4.69) is 22.8 Å². The Morgan fingerprint density at radius 2 is 2.00 bits per heavy atom. The van der Waals surface area contributed by atoms with E-state index >= 15 is 0 Å². The van der Waals surface area contributed by atoms with Crippen molar-refractivity contribution in [1.82, 2.24) is 0 Å². The zero-order valence-corrected chi connectivity index (χ0v) is 13.4. The number of nitrogens with two attached hydrogens (primary N) is 1. The van der Waals surface area contributed by atoms with Crippen LogP contribution in [0.4, 0.5) is 0 Å². The van der Waals surface area contributed by atoms with E-state index in [1.54, 1.807) is 11.3 Å². The topological polar surface area (TPSA) is 29.8 Å². The maximum atomic E-state index is 6.16. The van der Waals surface area contributed by atoms with Gasteiger partial charge in [0.2, 0.25) is 0 Å². The van der Waals surface area contributed by atoms with Gasteiger partial charge in [-0.3, -0.25) is 0 Å². The lowest BCUT2D eigenvalue weighted by Crippen LogP contribution is -2.80. The highest BCUT2D eigenvalue weighted by molar-refractivity contribution is 7.09. The van der Waals surface area contributed by atoms with E-state index in [-0.39, 0.29) is 0 Å². The SMILES string of the molecule is Cc1c(Cl)cccc1-c1ccc(C[NH2+]Cc2cccs2)o1.